The highest BCUT2D eigenvalue weighted by Gasteiger charge is 2.04. The molecular weight excluding hydrogens is 200 g/mol. The smallest absolute Gasteiger partial charge is 0.163 e. The summed E-state index contributed by atoms with van der Waals surface area (Å²) in [4.78, 5) is 13.0. The van der Waals surface area contributed by atoms with Crippen LogP contribution < -0.4 is 5.32 Å². The predicted molar refractivity (Wildman–Crippen MR) is 62.8 cm³/mol. The molecule has 1 aromatic carbocycles. The minimum absolute atomic E-state index is 0.656. The molecule has 0 bridgehead atoms. The van der Waals surface area contributed by atoms with Crippen molar-refractivity contribution in [3.8, 4) is 11.4 Å². The van der Waals surface area contributed by atoms with Gasteiger partial charge in [-0.1, -0.05) is 30.3 Å². The maximum Gasteiger partial charge on any atom is 0.163 e. The summed E-state index contributed by atoms with van der Waals surface area (Å²) in [5, 5.41) is 3.04. The number of hydrogen-bond acceptors (Lipinski definition) is 4. The van der Waals surface area contributed by atoms with E-state index in [-0.39, 0.29) is 0 Å². The van der Waals surface area contributed by atoms with E-state index in [1.165, 1.54) is 0 Å². The topological polar surface area (TPSA) is 50.7 Å². The van der Waals surface area contributed by atoms with Gasteiger partial charge in [-0.25, -0.2) is 15.0 Å². The Balaban J connectivity index is 2.41. The van der Waals surface area contributed by atoms with Crippen LogP contribution in [0, 0.1) is 6.92 Å². The molecule has 0 saturated carbocycles. The van der Waals surface area contributed by atoms with Crippen molar-refractivity contribution in [1.82, 2.24) is 20.3 Å². The highest BCUT2D eigenvalue weighted by molar-refractivity contribution is 5.54. The second kappa shape index (κ2) is 4.81. The molecule has 0 unspecified atom stereocenters. The molecule has 16 heavy (non-hydrogen) atoms. The van der Waals surface area contributed by atoms with Crippen LogP contribution in [0.25, 0.3) is 11.4 Å². The zero-order valence-electron chi connectivity index (χ0n) is 9.44. The normalized spacial score (nSPS) is 10.4. The Morgan fingerprint density at radius 3 is 2.50 bits per heavy atom. The Kier molecular flexibility index (Phi) is 3.22. The van der Waals surface area contributed by atoms with Crippen molar-refractivity contribution in [1.29, 1.82) is 0 Å². The maximum absolute atomic E-state index is 4.41. The van der Waals surface area contributed by atoms with Gasteiger partial charge < -0.3 is 5.32 Å². The summed E-state index contributed by atoms with van der Waals surface area (Å²) < 4.78 is 0. The summed E-state index contributed by atoms with van der Waals surface area (Å²) in [7, 11) is 1.88. The third kappa shape index (κ3) is 2.41. The van der Waals surface area contributed by atoms with Crippen LogP contribution in [0.1, 0.15) is 11.6 Å². The lowest BCUT2D eigenvalue weighted by molar-refractivity contribution is 0.741. The van der Waals surface area contributed by atoms with Crippen LogP contribution in [-0.4, -0.2) is 22.0 Å². The van der Waals surface area contributed by atoms with Crippen LogP contribution in [0.3, 0.4) is 0 Å². The van der Waals surface area contributed by atoms with Gasteiger partial charge in [-0.05, 0) is 14.0 Å². The van der Waals surface area contributed by atoms with Crippen LogP contribution in [0.5, 0.6) is 0 Å². The first-order valence-electron chi connectivity index (χ1n) is 5.21. The van der Waals surface area contributed by atoms with E-state index in [1.54, 1.807) is 0 Å². The van der Waals surface area contributed by atoms with Crippen molar-refractivity contribution in [3.63, 3.8) is 0 Å². The quantitative estimate of drug-likeness (QED) is 0.842. The summed E-state index contributed by atoms with van der Waals surface area (Å²) in [5.74, 6) is 2.26. The van der Waals surface area contributed by atoms with E-state index in [4.69, 9.17) is 0 Å². The number of aryl methyl sites for hydroxylation is 1. The molecule has 0 aliphatic carbocycles. The molecule has 0 radical (unpaired) electrons. The van der Waals surface area contributed by atoms with E-state index in [1.807, 2.05) is 44.3 Å². The molecule has 0 atom stereocenters. The lowest BCUT2D eigenvalue weighted by atomic mass is 10.2. The second-order valence-corrected chi connectivity index (χ2v) is 3.52. The van der Waals surface area contributed by atoms with Crippen LogP contribution in [0.15, 0.2) is 30.3 Å². The minimum Gasteiger partial charge on any atom is -0.313 e. The van der Waals surface area contributed by atoms with E-state index in [2.05, 4.69) is 20.3 Å². The fraction of sp³-hybridized carbons (Fsp3) is 0.250. The van der Waals surface area contributed by atoms with E-state index in [0.29, 0.717) is 6.54 Å². The lowest BCUT2D eigenvalue weighted by Gasteiger charge is -2.04. The monoisotopic (exact) mass is 214 g/mol. The third-order valence-corrected chi connectivity index (χ3v) is 2.16. The van der Waals surface area contributed by atoms with E-state index in [0.717, 1.165) is 23.0 Å². The lowest BCUT2D eigenvalue weighted by Crippen LogP contribution is -2.11. The van der Waals surface area contributed by atoms with Gasteiger partial charge in [0, 0.05) is 5.56 Å². The average Bonchev–Trinajstić information content (AvgIpc) is 2.30. The standard InChI is InChI=1S/C12H14N4/c1-9-14-11(8-13-2)16-12(15-9)10-6-4-3-5-7-10/h3-7,13H,8H2,1-2H3. The van der Waals surface area contributed by atoms with Crippen molar-refractivity contribution in [2.75, 3.05) is 7.05 Å². The van der Waals surface area contributed by atoms with Crippen LogP contribution >= 0.6 is 0 Å². The highest BCUT2D eigenvalue weighted by Crippen LogP contribution is 2.13. The van der Waals surface area contributed by atoms with Gasteiger partial charge in [0.25, 0.3) is 0 Å². The van der Waals surface area contributed by atoms with Crippen molar-refractivity contribution < 1.29 is 0 Å². The van der Waals surface area contributed by atoms with Gasteiger partial charge in [0.15, 0.2) is 5.82 Å². The number of nitrogens with one attached hydrogen (secondary N) is 1. The first kappa shape index (κ1) is 10.7. The Labute approximate surface area is 94.8 Å². The molecule has 0 aliphatic rings. The molecule has 0 amide bonds. The molecule has 2 aromatic rings. The zero-order chi connectivity index (χ0) is 11.4. The summed E-state index contributed by atoms with van der Waals surface area (Å²) in [6.07, 6.45) is 0. The molecule has 0 saturated heterocycles. The first-order valence-corrected chi connectivity index (χ1v) is 5.21. The van der Waals surface area contributed by atoms with Crippen LogP contribution in [0.2, 0.25) is 0 Å². The van der Waals surface area contributed by atoms with Crippen LogP contribution in [-0.2, 0) is 6.54 Å². The minimum atomic E-state index is 0.656. The molecule has 0 spiro atoms. The molecule has 1 aromatic heterocycles. The predicted octanol–water partition coefficient (Wildman–Crippen LogP) is 1.57. The first-order chi connectivity index (χ1) is 7.79. The second-order valence-electron chi connectivity index (χ2n) is 3.52. The highest BCUT2D eigenvalue weighted by atomic mass is 15.0. The molecule has 4 heteroatoms. The number of rotatable bonds is 3. The van der Waals surface area contributed by atoms with Crippen LogP contribution in [0.4, 0.5) is 0 Å². The van der Waals surface area contributed by atoms with Gasteiger partial charge in [0.1, 0.15) is 11.6 Å². The molecule has 1 heterocycles. The largest absolute Gasteiger partial charge is 0.313 e. The Morgan fingerprint density at radius 2 is 1.81 bits per heavy atom. The summed E-state index contributed by atoms with van der Waals surface area (Å²) >= 11 is 0. The molecule has 4 nitrogen and oxygen atoms in total. The molecular formula is C12H14N4. The molecule has 1 N–H and O–H groups in total. The van der Waals surface area contributed by atoms with Gasteiger partial charge in [0.2, 0.25) is 0 Å². The summed E-state index contributed by atoms with van der Waals surface area (Å²) in [5.41, 5.74) is 1.02. The molecule has 0 fully saturated rings. The van der Waals surface area contributed by atoms with Gasteiger partial charge in [0.05, 0.1) is 6.54 Å². The zero-order valence-corrected chi connectivity index (χ0v) is 9.44. The number of aromatic nitrogens is 3. The van der Waals surface area contributed by atoms with Crippen molar-refractivity contribution >= 4 is 0 Å². The van der Waals surface area contributed by atoms with Gasteiger partial charge in [-0.15, -0.1) is 0 Å². The van der Waals surface area contributed by atoms with E-state index in [9.17, 15) is 0 Å². The average molecular weight is 214 g/mol. The molecule has 82 valence electrons. The maximum atomic E-state index is 4.41. The fourth-order valence-electron chi connectivity index (χ4n) is 1.49. The Bertz CT molecular complexity index is 468. The molecule has 0 aliphatic heterocycles. The fourth-order valence-corrected chi connectivity index (χ4v) is 1.49. The third-order valence-electron chi connectivity index (χ3n) is 2.16. The Morgan fingerprint density at radius 1 is 1.06 bits per heavy atom. The number of benzene rings is 1. The molecule has 2 rings (SSSR count). The number of nitrogens with zero attached hydrogens (tertiary/aromatic N) is 3. The van der Waals surface area contributed by atoms with Crippen molar-refractivity contribution in [2.24, 2.45) is 0 Å². The van der Waals surface area contributed by atoms with Gasteiger partial charge >= 0.3 is 0 Å². The summed E-state index contributed by atoms with van der Waals surface area (Å²) in [6.45, 7) is 2.54. The van der Waals surface area contributed by atoms with E-state index >= 15 is 0 Å². The SMILES string of the molecule is CNCc1nc(C)nc(-c2ccccc2)n1. The van der Waals surface area contributed by atoms with Crippen molar-refractivity contribution in [2.45, 2.75) is 13.5 Å². The van der Waals surface area contributed by atoms with Crippen molar-refractivity contribution in [3.05, 3.63) is 42.0 Å². The van der Waals surface area contributed by atoms with Gasteiger partial charge in [-0.2, -0.15) is 0 Å². The summed E-state index contributed by atoms with van der Waals surface area (Å²) in [6, 6.07) is 9.93. The van der Waals surface area contributed by atoms with Gasteiger partial charge in [-0.3, -0.25) is 0 Å². The Hall–Kier alpha value is -1.81. The van der Waals surface area contributed by atoms with E-state index < -0.39 is 0 Å². The number of hydrogen-bond donors (Lipinski definition) is 1.